The van der Waals surface area contributed by atoms with Gasteiger partial charge < -0.3 is 15.0 Å². The van der Waals surface area contributed by atoms with Crippen molar-refractivity contribution in [2.24, 2.45) is 5.41 Å². The Balaban J connectivity index is 1.39. The first-order valence-corrected chi connectivity index (χ1v) is 11.0. The number of nitrogens with zero attached hydrogens (tertiary/aromatic N) is 1. The molecule has 0 saturated heterocycles. The molecule has 3 aliphatic rings. The lowest BCUT2D eigenvalue weighted by Crippen LogP contribution is -2.44. The average Bonchev–Trinajstić information content (AvgIpc) is 3.57. The molecule has 0 bridgehead atoms. The van der Waals surface area contributed by atoms with E-state index in [1.807, 2.05) is 31.7 Å². The Hall–Kier alpha value is -2.07. The van der Waals surface area contributed by atoms with Crippen LogP contribution in [0.2, 0.25) is 0 Å². The molecule has 2 atom stereocenters. The zero-order valence-corrected chi connectivity index (χ0v) is 18.0. The van der Waals surface area contributed by atoms with Crippen molar-refractivity contribution in [3.8, 4) is 0 Å². The molecule has 1 N–H and O–H groups in total. The maximum absolute atomic E-state index is 13.1. The van der Waals surface area contributed by atoms with E-state index in [0.717, 1.165) is 32.5 Å². The van der Waals surface area contributed by atoms with Crippen molar-refractivity contribution in [2.75, 3.05) is 19.6 Å². The van der Waals surface area contributed by atoms with Crippen LogP contribution >= 0.6 is 0 Å². The quantitative estimate of drug-likeness (QED) is 0.672. The van der Waals surface area contributed by atoms with Crippen molar-refractivity contribution in [2.45, 2.75) is 64.0 Å². The van der Waals surface area contributed by atoms with Gasteiger partial charge in [-0.15, -0.1) is 0 Å². The van der Waals surface area contributed by atoms with Crippen LogP contribution in [0.5, 0.6) is 0 Å². The number of allylic oxidation sites excluding steroid dienone is 3. The van der Waals surface area contributed by atoms with Crippen LogP contribution in [0.1, 0.15) is 57.9 Å². The maximum Gasteiger partial charge on any atom is 0.410 e. The summed E-state index contributed by atoms with van der Waals surface area (Å²) in [4.78, 5) is 15.1. The second-order valence-corrected chi connectivity index (χ2v) is 9.99. The van der Waals surface area contributed by atoms with E-state index in [1.165, 1.54) is 24.0 Å². The zero-order chi connectivity index (χ0) is 20.5. The highest BCUT2D eigenvalue weighted by Gasteiger charge is 2.51. The molecule has 1 aromatic carbocycles. The molecule has 0 radical (unpaired) electrons. The van der Waals surface area contributed by atoms with Crippen LogP contribution < -0.4 is 5.32 Å². The third-order valence-corrected chi connectivity index (χ3v) is 6.18. The summed E-state index contributed by atoms with van der Waals surface area (Å²) in [5.74, 6) is 0.433. The molecule has 4 heteroatoms. The smallest absolute Gasteiger partial charge is 0.410 e. The standard InChI is InChI=1S/C25H34N2O2/c1-24(2,3)29-23(28)27(22-15-21(22)20-11-5-4-6-12-20)18-25(13-14-25)17-26-16-19-9-7-8-10-19/h4-9,11-12,21-22,26H,10,13-18H2,1-3H3/t21?,22-/m0/s1. The fraction of sp³-hybridized carbons (Fsp3) is 0.560. The van der Waals surface area contributed by atoms with Gasteiger partial charge in [0.25, 0.3) is 0 Å². The lowest BCUT2D eigenvalue weighted by atomic mass is 10.1. The number of amides is 1. The first kappa shape index (κ1) is 20.2. The van der Waals surface area contributed by atoms with Crippen molar-refractivity contribution in [3.05, 3.63) is 59.7 Å². The van der Waals surface area contributed by atoms with Gasteiger partial charge in [0.1, 0.15) is 5.60 Å². The Morgan fingerprint density at radius 3 is 2.62 bits per heavy atom. The van der Waals surface area contributed by atoms with Crippen LogP contribution in [0.15, 0.2) is 54.1 Å². The van der Waals surface area contributed by atoms with E-state index in [1.54, 1.807) is 0 Å². The monoisotopic (exact) mass is 394 g/mol. The normalized spacial score (nSPS) is 24.2. The third-order valence-electron chi connectivity index (χ3n) is 6.18. The predicted molar refractivity (Wildman–Crippen MR) is 117 cm³/mol. The summed E-state index contributed by atoms with van der Waals surface area (Å²) in [5.41, 5.74) is 2.50. The van der Waals surface area contributed by atoms with Crippen molar-refractivity contribution in [1.82, 2.24) is 10.2 Å². The lowest BCUT2D eigenvalue weighted by molar-refractivity contribution is 0.0188. The van der Waals surface area contributed by atoms with Gasteiger partial charge in [0, 0.05) is 37.0 Å². The number of carbonyl (C=O) groups is 1. The summed E-state index contributed by atoms with van der Waals surface area (Å²) >= 11 is 0. The number of rotatable bonds is 8. The number of ether oxygens (including phenoxy) is 1. The highest BCUT2D eigenvalue weighted by molar-refractivity contribution is 5.69. The summed E-state index contributed by atoms with van der Waals surface area (Å²) in [6, 6.07) is 10.8. The first-order valence-electron chi connectivity index (χ1n) is 11.0. The van der Waals surface area contributed by atoms with Crippen molar-refractivity contribution in [1.29, 1.82) is 0 Å². The summed E-state index contributed by atoms with van der Waals surface area (Å²) in [6.07, 6.45) is 10.8. The Bertz CT molecular complexity index is 787. The fourth-order valence-corrected chi connectivity index (χ4v) is 4.26. The first-order chi connectivity index (χ1) is 13.9. The van der Waals surface area contributed by atoms with Crippen LogP contribution in [0.25, 0.3) is 0 Å². The molecular weight excluding hydrogens is 360 g/mol. The van der Waals surface area contributed by atoms with E-state index in [-0.39, 0.29) is 17.6 Å². The van der Waals surface area contributed by atoms with Gasteiger partial charge in [-0.05, 0) is 52.0 Å². The van der Waals surface area contributed by atoms with Gasteiger partial charge in [-0.1, -0.05) is 54.1 Å². The second-order valence-electron chi connectivity index (χ2n) is 9.99. The van der Waals surface area contributed by atoms with Crippen LogP contribution in [0.4, 0.5) is 4.79 Å². The van der Waals surface area contributed by atoms with E-state index in [2.05, 4.69) is 47.8 Å². The lowest BCUT2D eigenvalue weighted by Gasteiger charge is -2.31. The molecule has 2 saturated carbocycles. The van der Waals surface area contributed by atoms with E-state index in [9.17, 15) is 4.79 Å². The molecule has 0 spiro atoms. The number of hydrogen-bond donors (Lipinski definition) is 1. The Morgan fingerprint density at radius 1 is 1.24 bits per heavy atom. The number of benzene rings is 1. The molecule has 3 aliphatic carbocycles. The molecule has 1 amide bonds. The maximum atomic E-state index is 13.1. The van der Waals surface area contributed by atoms with Gasteiger partial charge in [-0.2, -0.15) is 0 Å². The topological polar surface area (TPSA) is 41.6 Å². The summed E-state index contributed by atoms with van der Waals surface area (Å²) in [7, 11) is 0. The molecule has 0 aromatic heterocycles. The molecule has 1 aromatic rings. The molecule has 156 valence electrons. The van der Waals surface area contributed by atoms with Crippen LogP contribution in [0.3, 0.4) is 0 Å². The van der Waals surface area contributed by atoms with E-state index in [0.29, 0.717) is 5.92 Å². The van der Waals surface area contributed by atoms with Gasteiger partial charge >= 0.3 is 6.09 Å². The second kappa shape index (κ2) is 7.98. The Labute approximate surface area is 175 Å². The van der Waals surface area contributed by atoms with E-state index < -0.39 is 5.60 Å². The molecule has 4 rings (SSSR count). The summed E-state index contributed by atoms with van der Waals surface area (Å²) < 4.78 is 5.79. The number of carbonyl (C=O) groups excluding carboxylic acids is 1. The Kier molecular flexibility index (Phi) is 5.56. The molecule has 2 fully saturated rings. The molecule has 0 aliphatic heterocycles. The van der Waals surface area contributed by atoms with Crippen LogP contribution in [-0.2, 0) is 4.74 Å². The van der Waals surface area contributed by atoms with Crippen molar-refractivity contribution in [3.63, 3.8) is 0 Å². The molecule has 1 unspecified atom stereocenters. The highest BCUT2D eigenvalue weighted by atomic mass is 16.6. The minimum Gasteiger partial charge on any atom is -0.444 e. The van der Waals surface area contributed by atoms with Crippen molar-refractivity contribution >= 4 is 6.09 Å². The van der Waals surface area contributed by atoms with Gasteiger partial charge in [0.15, 0.2) is 0 Å². The van der Waals surface area contributed by atoms with E-state index >= 15 is 0 Å². The predicted octanol–water partition coefficient (Wildman–Crippen LogP) is 5.04. The number of hydrogen-bond acceptors (Lipinski definition) is 3. The summed E-state index contributed by atoms with van der Waals surface area (Å²) in [6.45, 7) is 8.54. The summed E-state index contributed by atoms with van der Waals surface area (Å²) in [5, 5.41) is 3.64. The van der Waals surface area contributed by atoms with Gasteiger partial charge in [0.2, 0.25) is 0 Å². The largest absolute Gasteiger partial charge is 0.444 e. The van der Waals surface area contributed by atoms with Gasteiger partial charge in [-0.25, -0.2) is 4.79 Å². The minimum atomic E-state index is -0.469. The number of nitrogens with one attached hydrogen (secondary N) is 1. The van der Waals surface area contributed by atoms with E-state index in [4.69, 9.17) is 4.74 Å². The van der Waals surface area contributed by atoms with Gasteiger partial charge in [-0.3, -0.25) is 0 Å². The minimum absolute atomic E-state index is 0.157. The van der Waals surface area contributed by atoms with Gasteiger partial charge in [0.05, 0.1) is 0 Å². The molecule has 4 nitrogen and oxygen atoms in total. The van der Waals surface area contributed by atoms with Crippen LogP contribution in [-0.4, -0.2) is 42.3 Å². The third kappa shape index (κ3) is 5.30. The Morgan fingerprint density at radius 2 is 2.00 bits per heavy atom. The average molecular weight is 395 g/mol. The molecular formula is C25H34N2O2. The zero-order valence-electron chi connectivity index (χ0n) is 18.0. The van der Waals surface area contributed by atoms with Crippen LogP contribution in [0, 0.1) is 5.41 Å². The molecule has 0 heterocycles. The SMILES string of the molecule is CC(C)(C)OC(=O)N(CC1(CNCC2=CC=CC2)CC1)[C@H]1CC1c1ccccc1. The molecule has 29 heavy (non-hydrogen) atoms. The highest BCUT2D eigenvalue weighted by Crippen LogP contribution is 2.51. The fourth-order valence-electron chi connectivity index (χ4n) is 4.26. The van der Waals surface area contributed by atoms with Crippen molar-refractivity contribution < 1.29 is 9.53 Å².